The molecule has 4 nitrogen and oxygen atoms in total. The van der Waals surface area contributed by atoms with Crippen molar-refractivity contribution in [1.82, 2.24) is 15.0 Å². The minimum atomic E-state index is 0.307. The number of nitrogens with zero attached hydrogens (tertiary/aromatic N) is 3. The molecule has 2 rings (SSSR count). The van der Waals surface area contributed by atoms with Gasteiger partial charge in [-0.05, 0) is 12.1 Å². The van der Waals surface area contributed by atoms with Crippen molar-refractivity contribution in [1.29, 1.82) is 0 Å². The molecule has 0 radical (unpaired) electrons. The zero-order valence-corrected chi connectivity index (χ0v) is 6.79. The molecule has 0 bridgehead atoms. The molecular formula is C9H7N3O. The van der Waals surface area contributed by atoms with Crippen molar-refractivity contribution >= 4 is 0 Å². The molecule has 13 heavy (non-hydrogen) atoms. The standard InChI is InChI=1S/C9H7N3O/c1-2-4-8(5-3-1)13-9-11-6-10-7-12-9/h1-7H. The summed E-state index contributed by atoms with van der Waals surface area (Å²) in [6.45, 7) is 0. The average molecular weight is 173 g/mol. The van der Waals surface area contributed by atoms with Gasteiger partial charge in [-0.15, -0.1) is 0 Å². The van der Waals surface area contributed by atoms with Crippen LogP contribution in [0, 0.1) is 0 Å². The Balaban J connectivity index is 2.16. The first kappa shape index (κ1) is 7.67. The maximum Gasteiger partial charge on any atom is 0.324 e. The quantitative estimate of drug-likeness (QED) is 0.693. The first-order chi connectivity index (χ1) is 6.45. The zero-order valence-electron chi connectivity index (χ0n) is 6.79. The summed E-state index contributed by atoms with van der Waals surface area (Å²) in [6, 6.07) is 9.67. The highest BCUT2D eigenvalue weighted by molar-refractivity contribution is 5.23. The zero-order chi connectivity index (χ0) is 8.93. The van der Waals surface area contributed by atoms with Gasteiger partial charge in [0.15, 0.2) is 0 Å². The number of aromatic nitrogens is 3. The lowest BCUT2D eigenvalue weighted by Gasteiger charge is -2.00. The van der Waals surface area contributed by atoms with Crippen LogP contribution in [-0.2, 0) is 0 Å². The second kappa shape index (κ2) is 3.62. The van der Waals surface area contributed by atoms with Crippen LogP contribution in [0.1, 0.15) is 0 Å². The number of hydrogen-bond donors (Lipinski definition) is 0. The molecule has 0 saturated carbocycles. The smallest absolute Gasteiger partial charge is 0.324 e. The van der Waals surface area contributed by atoms with E-state index in [0.717, 1.165) is 0 Å². The fourth-order valence-electron chi connectivity index (χ4n) is 0.875. The Morgan fingerprint density at radius 3 is 2.31 bits per heavy atom. The Labute approximate surface area is 75.3 Å². The van der Waals surface area contributed by atoms with E-state index >= 15 is 0 Å². The van der Waals surface area contributed by atoms with Gasteiger partial charge in [0.2, 0.25) is 0 Å². The van der Waals surface area contributed by atoms with Crippen molar-refractivity contribution in [3.63, 3.8) is 0 Å². The van der Waals surface area contributed by atoms with Crippen LogP contribution < -0.4 is 4.74 Å². The first-order valence-electron chi connectivity index (χ1n) is 3.80. The van der Waals surface area contributed by atoms with Crippen LogP contribution in [0.2, 0.25) is 0 Å². The monoisotopic (exact) mass is 173 g/mol. The molecule has 64 valence electrons. The maximum atomic E-state index is 5.32. The first-order valence-corrected chi connectivity index (χ1v) is 3.80. The van der Waals surface area contributed by atoms with E-state index in [4.69, 9.17) is 4.74 Å². The van der Waals surface area contributed by atoms with E-state index in [-0.39, 0.29) is 0 Å². The molecule has 2 aromatic rings. The summed E-state index contributed by atoms with van der Waals surface area (Å²) in [6.07, 6.45) is 2.79. The van der Waals surface area contributed by atoms with E-state index < -0.39 is 0 Å². The lowest BCUT2D eigenvalue weighted by Crippen LogP contribution is -1.90. The van der Waals surface area contributed by atoms with Crippen molar-refractivity contribution in [3.05, 3.63) is 43.0 Å². The van der Waals surface area contributed by atoms with Gasteiger partial charge in [-0.1, -0.05) is 18.2 Å². The molecule has 0 aliphatic rings. The minimum Gasteiger partial charge on any atom is -0.424 e. The molecule has 0 aliphatic heterocycles. The predicted molar refractivity (Wildman–Crippen MR) is 46.3 cm³/mol. The summed E-state index contributed by atoms with van der Waals surface area (Å²) < 4.78 is 5.32. The van der Waals surface area contributed by atoms with Crippen molar-refractivity contribution < 1.29 is 4.74 Å². The topological polar surface area (TPSA) is 47.9 Å². The molecule has 1 aromatic carbocycles. The number of para-hydroxylation sites is 1. The number of benzene rings is 1. The normalized spacial score (nSPS) is 9.54. The highest BCUT2D eigenvalue weighted by Gasteiger charge is 1.96. The Bertz CT molecular complexity index is 326. The van der Waals surface area contributed by atoms with Crippen LogP contribution in [0.15, 0.2) is 43.0 Å². The molecule has 0 N–H and O–H groups in total. The third kappa shape index (κ3) is 1.99. The Morgan fingerprint density at radius 2 is 1.62 bits per heavy atom. The van der Waals surface area contributed by atoms with Crippen molar-refractivity contribution in [2.45, 2.75) is 0 Å². The highest BCUT2D eigenvalue weighted by Crippen LogP contribution is 2.14. The van der Waals surface area contributed by atoms with Gasteiger partial charge in [-0.2, -0.15) is 9.97 Å². The maximum absolute atomic E-state index is 5.32. The fraction of sp³-hybridized carbons (Fsp3) is 0. The van der Waals surface area contributed by atoms with E-state index in [2.05, 4.69) is 15.0 Å². The largest absolute Gasteiger partial charge is 0.424 e. The molecule has 0 atom stereocenters. The predicted octanol–water partition coefficient (Wildman–Crippen LogP) is 1.66. The summed E-state index contributed by atoms with van der Waals surface area (Å²) in [7, 11) is 0. The van der Waals surface area contributed by atoms with Gasteiger partial charge in [-0.3, -0.25) is 0 Å². The molecular weight excluding hydrogens is 166 g/mol. The summed E-state index contributed by atoms with van der Waals surface area (Å²) in [5, 5.41) is 0. The van der Waals surface area contributed by atoms with E-state index in [1.807, 2.05) is 30.3 Å². The fourth-order valence-corrected chi connectivity index (χ4v) is 0.875. The molecule has 0 amide bonds. The van der Waals surface area contributed by atoms with Crippen LogP contribution in [0.4, 0.5) is 0 Å². The molecule has 4 heteroatoms. The molecule has 1 heterocycles. The van der Waals surface area contributed by atoms with Gasteiger partial charge in [0.05, 0.1) is 0 Å². The van der Waals surface area contributed by atoms with E-state index in [0.29, 0.717) is 11.8 Å². The Morgan fingerprint density at radius 1 is 0.923 bits per heavy atom. The number of hydrogen-bond acceptors (Lipinski definition) is 4. The second-order valence-corrected chi connectivity index (χ2v) is 2.34. The third-order valence-electron chi connectivity index (χ3n) is 1.42. The van der Waals surface area contributed by atoms with Crippen LogP contribution in [0.3, 0.4) is 0 Å². The van der Waals surface area contributed by atoms with Gasteiger partial charge in [-0.25, -0.2) is 4.98 Å². The summed E-state index contributed by atoms with van der Waals surface area (Å²) in [5.41, 5.74) is 0. The van der Waals surface area contributed by atoms with Crippen molar-refractivity contribution in [2.75, 3.05) is 0 Å². The van der Waals surface area contributed by atoms with Crippen molar-refractivity contribution in [2.24, 2.45) is 0 Å². The molecule has 0 spiro atoms. The van der Waals surface area contributed by atoms with Crippen LogP contribution in [0.5, 0.6) is 11.8 Å². The van der Waals surface area contributed by atoms with Crippen LogP contribution >= 0.6 is 0 Å². The van der Waals surface area contributed by atoms with Gasteiger partial charge in [0.1, 0.15) is 18.4 Å². The third-order valence-corrected chi connectivity index (χ3v) is 1.42. The Kier molecular flexibility index (Phi) is 2.14. The molecule has 0 unspecified atom stereocenters. The lowest BCUT2D eigenvalue weighted by molar-refractivity contribution is 0.439. The van der Waals surface area contributed by atoms with Gasteiger partial charge < -0.3 is 4.74 Å². The SMILES string of the molecule is c1ccc(Oc2ncncn2)cc1. The minimum absolute atomic E-state index is 0.307. The number of ether oxygens (including phenoxy) is 1. The van der Waals surface area contributed by atoms with Gasteiger partial charge in [0.25, 0.3) is 0 Å². The average Bonchev–Trinajstić information content (AvgIpc) is 2.21. The van der Waals surface area contributed by atoms with E-state index in [9.17, 15) is 0 Å². The highest BCUT2D eigenvalue weighted by atomic mass is 16.5. The molecule has 0 fully saturated rings. The second-order valence-electron chi connectivity index (χ2n) is 2.34. The van der Waals surface area contributed by atoms with E-state index in [1.165, 1.54) is 12.7 Å². The molecule has 0 aliphatic carbocycles. The summed E-state index contributed by atoms with van der Waals surface area (Å²) in [4.78, 5) is 11.3. The van der Waals surface area contributed by atoms with Gasteiger partial charge in [0, 0.05) is 0 Å². The summed E-state index contributed by atoms with van der Waals surface area (Å²) >= 11 is 0. The van der Waals surface area contributed by atoms with E-state index in [1.54, 1.807) is 0 Å². The summed E-state index contributed by atoms with van der Waals surface area (Å²) in [5.74, 6) is 0.716. The molecule has 0 saturated heterocycles. The molecule has 1 aromatic heterocycles. The van der Waals surface area contributed by atoms with Crippen molar-refractivity contribution in [3.8, 4) is 11.8 Å². The van der Waals surface area contributed by atoms with Crippen LogP contribution in [0.25, 0.3) is 0 Å². The lowest BCUT2D eigenvalue weighted by atomic mass is 10.3. The van der Waals surface area contributed by atoms with Crippen LogP contribution in [-0.4, -0.2) is 15.0 Å². The van der Waals surface area contributed by atoms with Gasteiger partial charge >= 0.3 is 6.01 Å². The number of rotatable bonds is 2. The Hall–Kier alpha value is -1.97.